The summed E-state index contributed by atoms with van der Waals surface area (Å²) in [6.07, 6.45) is 2.37. The molecule has 8 aromatic rings. The molecule has 332 valence electrons. The lowest BCUT2D eigenvalue weighted by Gasteiger charge is -2.47. The molecule has 4 heteroatoms. The molecule has 0 amide bonds. The lowest BCUT2D eigenvalue weighted by atomic mass is 9.45. The fourth-order valence-electron chi connectivity index (χ4n) is 13.6. The van der Waals surface area contributed by atoms with Crippen LogP contribution < -0.4 is 20.0 Å². The second-order valence-corrected chi connectivity index (χ2v) is 25.1. The zero-order chi connectivity index (χ0) is 46.5. The van der Waals surface area contributed by atoms with Gasteiger partial charge in [-0.25, -0.2) is 0 Å². The third-order valence-corrected chi connectivity index (χ3v) is 18.6. The van der Waals surface area contributed by atoms with Crippen molar-refractivity contribution >= 4 is 66.9 Å². The van der Waals surface area contributed by atoms with Gasteiger partial charge in [-0.3, -0.25) is 0 Å². The van der Waals surface area contributed by atoms with Crippen LogP contribution in [0.4, 0.5) is 28.4 Å². The minimum Gasteiger partial charge on any atom is -0.376 e. The Balaban J connectivity index is 1.24. The monoisotopic (exact) mass is 888 g/mol. The van der Waals surface area contributed by atoms with Crippen molar-refractivity contribution in [2.75, 3.05) is 9.71 Å². The first-order chi connectivity index (χ1) is 31.8. The number of hydrogen-bond acceptors (Lipinski definition) is 3. The van der Waals surface area contributed by atoms with Gasteiger partial charge in [-0.1, -0.05) is 167 Å². The zero-order valence-electron chi connectivity index (χ0n) is 41.4. The van der Waals surface area contributed by atoms with Crippen LogP contribution in [0.25, 0.3) is 43.5 Å². The molecule has 3 aliphatic carbocycles. The van der Waals surface area contributed by atoms with E-state index in [-0.39, 0.29) is 33.9 Å². The van der Waals surface area contributed by atoms with E-state index in [1.807, 2.05) is 11.3 Å². The molecular formula is C63H61BN2S. The molecule has 3 heterocycles. The van der Waals surface area contributed by atoms with Gasteiger partial charge in [0.15, 0.2) is 0 Å². The Bertz CT molecular complexity index is 3480. The minimum atomic E-state index is -0.242. The van der Waals surface area contributed by atoms with Gasteiger partial charge < -0.3 is 9.71 Å². The summed E-state index contributed by atoms with van der Waals surface area (Å²) >= 11 is 2.00. The highest BCUT2D eigenvalue weighted by atomic mass is 32.1. The van der Waals surface area contributed by atoms with Gasteiger partial charge in [-0.15, -0.1) is 11.3 Å². The first-order valence-corrected chi connectivity index (χ1v) is 25.6. The molecule has 0 bridgehead atoms. The number of hydrogen-bond donors (Lipinski definition) is 0. The predicted molar refractivity (Wildman–Crippen MR) is 289 cm³/mol. The van der Waals surface area contributed by atoms with Crippen LogP contribution in [-0.4, -0.2) is 6.85 Å². The van der Waals surface area contributed by atoms with E-state index in [1.165, 1.54) is 139 Å². The van der Waals surface area contributed by atoms with Crippen LogP contribution in [0.3, 0.4) is 0 Å². The second-order valence-electron chi connectivity index (χ2n) is 24.0. The average molecular weight is 889 g/mol. The molecule has 0 atom stereocenters. The van der Waals surface area contributed by atoms with Crippen molar-refractivity contribution in [1.82, 2.24) is 0 Å². The summed E-state index contributed by atoms with van der Waals surface area (Å²) in [7, 11) is 0. The summed E-state index contributed by atoms with van der Waals surface area (Å²) in [6.45, 7) is 29.1. The van der Waals surface area contributed by atoms with Crippen molar-refractivity contribution in [2.24, 2.45) is 0 Å². The molecule has 7 aromatic carbocycles. The number of fused-ring (bicyclic) bond motifs is 15. The largest absolute Gasteiger partial charge is 0.376 e. The number of thiophene rings is 1. The highest BCUT2D eigenvalue weighted by molar-refractivity contribution is 7.32. The van der Waals surface area contributed by atoms with Crippen LogP contribution in [0, 0.1) is 6.92 Å². The molecule has 1 aromatic heterocycles. The third-order valence-electron chi connectivity index (χ3n) is 17.4. The molecule has 0 fully saturated rings. The normalized spacial score (nSPS) is 18.1. The van der Waals surface area contributed by atoms with Crippen LogP contribution in [0.2, 0.25) is 0 Å². The van der Waals surface area contributed by atoms with Crippen LogP contribution in [0.15, 0.2) is 127 Å². The van der Waals surface area contributed by atoms with Crippen molar-refractivity contribution in [3.05, 3.63) is 172 Å². The molecule has 2 aliphatic heterocycles. The lowest BCUT2D eigenvalue weighted by Crippen LogP contribution is -2.61. The van der Waals surface area contributed by atoms with E-state index in [1.54, 1.807) is 0 Å². The third kappa shape index (κ3) is 5.34. The van der Waals surface area contributed by atoms with Crippen LogP contribution >= 0.6 is 11.3 Å². The molecule has 0 radical (unpaired) electrons. The predicted octanol–water partition coefficient (Wildman–Crippen LogP) is 16.2. The number of nitrogens with zero attached hydrogens (tertiary/aromatic N) is 2. The summed E-state index contributed by atoms with van der Waals surface area (Å²) in [5.74, 6) is 0. The van der Waals surface area contributed by atoms with Crippen molar-refractivity contribution in [3.8, 4) is 33.4 Å². The topological polar surface area (TPSA) is 6.48 Å². The molecule has 0 unspecified atom stereocenters. The molecule has 5 aliphatic rings. The Morgan fingerprint density at radius 2 is 1.16 bits per heavy atom. The lowest BCUT2D eigenvalue weighted by molar-refractivity contribution is 0.332. The summed E-state index contributed by atoms with van der Waals surface area (Å²) in [6, 6.07) is 50.3. The summed E-state index contributed by atoms with van der Waals surface area (Å²) < 4.78 is 2.74. The summed E-state index contributed by atoms with van der Waals surface area (Å²) in [5.41, 5.74) is 27.4. The van der Waals surface area contributed by atoms with Crippen molar-refractivity contribution in [2.45, 2.75) is 123 Å². The number of rotatable bonds is 2. The molecule has 0 spiro atoms. The van der Waals surface area contributed by atoms with Crippen molar-refractivity contribution in [3.63, 3.8) is 0 Å². The molecular weight excluding hydrogens is 828 g/mol. The van der Waals surface area contributed by atoms with Crippen LogP contribution in [0.1, 0.15) is 134 Å². The van der Waals surface area contributed by atoms with Gasteiger partial charge >= 0.3 is 6.85 Å². The Hall–Kier alpha value is -5.84. The highest BCUT2D eigenvalue weighted by Gasteiger charge is 2.53. The maximum atomic E-state index is 2.76. The van der Waals surface area contributed by atoms with Gasteiger partial charge in [0, 0.05) is 54.0 Å². The van der Waals surface area contributed by atoms with Crippen molar-refractivity contribution < 1.29 is 0 Å². The van der Waals surface area contributed by atoms with Gasteiger partial charge in [0.25, 0.3) is 0 Å². The molecule has 0 saturated heterocycles. The molecule has 0 saturated carbocycles. The minimum absolute atomic E-state index is 0.0376. The number of benzene rings is 7. The molecule has 2 nitrogen and oxygen atoms in total. The van der Waals surface area contributed by atoms with E-state index >= 15 is 0 Å². The quantitative estimate of drug-likeness (QED) is 0.160. The van der Waals surface area contributed by atoms with E-state index in [0.29, 0.717) is 0 Å². The van der Waals surface area contributed by atoms with Gasteiger partial charge in [-0.2, -0.15) is 0 Å². The fraction of sp³-hybridized carbons (Fsp3) is 0.302. The number of anilines is 5. The van der Waals surface area contributed by atoms with Crippen molar-refractivity contribution in [1.29, 1.82) is 0 Å². The maximum absolute atomic E-state index is 2.76. The first-order valence-electron chi connectivity index (χ1n) is 24.8. The van der Waals surface area contributed by atoms with Gasteiger partial charge in [0.2, 0.25) is 0 Å². The van der Waals surface area contributed by atoms with E-state index < -0.39 is 0 Å². The van der Waals surface area contributed by atoms with E-state index in [2.05, 4.69) is 220 Å². The van der Waals surface area contributed by atoms with E-state index in [4.69, 9.17) is 0 Å². The van der Waals surface area contributed by atoms with Gasteiger partial charge in [0.05, 0.1) is 5.69 Å². The average Bonchev–Trinajstić information content (AvgIpc) is 3.88. The molecule has 67 heavy (non-hydrogen) atoms. The van der Waals surface area contributed by atoms with E-state index in [9.17, 15) is 0 Å². The smallest absolute Gasteiger partial charge is 0.343 e. The Kier molecular flexibility index (Phi) is 8.17. The zero-order valence-corrected chi connectivity index (χ0v) is 42.2. The fourth-order valence-corrected chi connectivity index (χ4v) is 14.9. The van der Waals surface area contributed by atoms with E-state index in [0.717, 1.165) is 0 Å². The molecule has 13 rings (SSSR count). The molecule has 0 N–H and O–H groups in total. The summed E-state index contributed by atoms with van der Waals surface area (Å²) in [5, 5.41) is 1.33. The standard InChI is InChI=1S/C63H61BN2S/c1-36-33-46-47(61(7,8)32-31-60(46,5)6)35-49(36)65-50-34-42-39-19-13-16-22-43(39)63(11,12)55(42)54-53-48(30-29-45-52(53)40-20-14-17-23-44(40)62(45,9)10)66(38-27-25-37(26-28-38)59(2,3)4)64(56(50)54)58-57(65)41-21-15-18-24-51(41)67-58/h13-30,33-35H,31-32H2,1-12H3. The second kappa shape index (κ2) is 13.2. The highest BCUT2D eigenvalue weighted by Crippen LogP contribution is 2.63. The van der Waals surface area contributed by atoms with Crippen LogP contribution in [-0.2, 0) is 27.1 Å². The first kappa shape index (κ1) is 41.4. The Labute approximate surface area is 402 Å². The SMILES string of the molecule is Cc1cc2c(cc1N1c3cc4c(c5c3B(c3sc6ccccc6c31)N(c1ccc(C(C)(C)C)cc1)c1ccc3c(c1-5)-c1ccccc1C3(C)C)C(C)(C)c1ccccc1-4)C(C)(C)CCC2(C)C. The van der Waals surface area contributed by atoms with Gasteiger partial charge in [0.1, 0.15) is 0 Å². The summed E-state index contributed by atoms with van der Waals surface area (Å²) in [4.78, 5) is 5.53. The maximum Gasteiger partial charge on any atom is 0.343 e. The number of aryl methyl sites for hydroxylation is 1. The van der Waals surface area contributed by atoms with Gasteiger partial charge in [-0.05, 0) is 150 Å². The Morgan fingerprint density at radius 1 is 0.537 bits per heavy atom. The Morgan fingerprint density at radius 3 is 1.87 bits per heavy atom. The van der Waals surface area contributed by atoms with Crippen LogP contribution in [0.5, 0.6) is 0 Å².